The highest BCUT2D eigenvalue weighted by Crippen LogP contribution is 2.17. The first-order valence-corrected chi connectivity index (χ1v) is 4.59. The van der Waals surface area contributed by atoms with Gasteiger partial charge in [0, 0.05) is 0 Å². The van der Waals surface area contributed by atoms with Crippen molar-refractivity contribution in [3.63, 3.8) is 0 Å². The zero-order valence-electron chi connectivity index (χ0n) is 8.40. The quantitative estimate of drug-likeness (QED) is 0.452. The molecule has 2 heteroatoms. The first kappa shape index (κ1) is 10.5. The molecule has 0 fully saturated rings. The molecule has 0 atom stereocenters. The van der Waals surface area contributed by atoms with E-state index in [2.05, 4.69) is 13.8 Å². The summed E-state index contributed by atoms with van der Waals surface area (Å²) < 4.78 is 0. The number of carbonyl (C=O) groups excluding carboxylic acids is 1. The molecule has 0 bridgehead atoms. The Bertz CT molecular complexity index is 334. The summed E-state index contributed by atoms with van der Waals surface area (Å²) in [4.78, 5) is 10.5. The molecule has 0 heterocycles. The Balaban J connectivity index is 2.99. The molecular formula is C12H14O2. The van der Waals surface area contributed by atoms with Crippen molar-refractivity contribution in [1.82, 2.24) is 0 Å². The van der Waals surface area contributed by atoms with Gasteiger partial charge in [-0.15, -0.1) is 0 Å². The summed E-state index contributed by atoms with van der Waals surface area (Å²) in [6.45, 7) is 4.22. The van der Waals surface area contributed by atoms with E-state index in [-0.39, 0.29) is 0 Å². The van der Waals surface area contributed by atoms with Crippen LogP contribution in [0.15, 0.2) is 30.5 Å². The summed E-state index contributed by atoms with van der Waals surface area (Å²) >= 11 is 0. The molecule has 0 saturated carbocycles. The zero-order valence-corrected chi connectivity index (χ0v) is 8.40. The summed E-state index contributed by atoms with van der Waals surface area (Å²) in [6, 6.07) is 7.61. The SMILES string of the molecule is CC(C)c1ccc(/C(C=O)=C/O)cc1. The average molecular weight is 190 g/mol. The molecule has 74 valence electrons. The topological polar surface area (TPSA) is 37.3 Å². The first-order chi connectivity index (χ1) is 6.69. The van der Waals surface area contributed by atoms with Gasteiger partial charge in [-0.2, -0.15) is 0 Å². The Morgan fingerprint density at radius 2 is 1.86 bits per heavy atom. The van der Waals surface area contributed by atoms with E-state index in [1.165, 1.54) is 5.56 Å². The number of allylic oxidation sites excluding steroid dienone is 1. The fourth-order valence-corrected chi connectivity index (χ4v) is 1.23. The van der Waals surface area contributed by atoms with Crippen molar-refractivity contribution in [2.45, 2.75) is 19.8 Å². The summed E-state index contributed by atoms with van der Waals surface area (Å²) in [5.74, 6) is 0.474. The van der Waals surface area contributed by atoms with Crippen LogP contribution in [0.1, 0.15) is 30.9 Å². The molecule has 1 aromatic carbocycles. The lowest BCUT2D eigenvalue weighted by Crippen LogP contribution is -1.90. The van der Waals surface area contributed by atoms with Crippen LogP contribution < -0.4 is 0 Å². The van der Waals surface area contributed by atoms with Crippen molar-refractivity contribution < 1.29 is 9.90 Å². The number of carbonyl (C=O) groups is 1. The van der Waals surface area contributed by atoms with Crippen LogP contribution >= 0.6 is 0 Å². The van der Waals surface area contributed by atoms with E-state index in [1.54, 1.807) is 0 Å². The van der Waals surface area contributed by atoms with Gasteiger partial charge in [-0.25, -0.2) is 0 Å². The molecule has 0 spiro atoms. The minimum atomic E-state index is 0.306. The fraction of sp³-hybridized carbons (Fsp3) is 0.250. The van der Waals surface area contributed by atoms with Crippen molar-refractivity contribution in [3.05, 3.63) is 41.7 Å². The van der Waals surface area contributed by atoms with E-state index in [0.29, 0.717) is 17.8 Å². The second kappa shape index (κ2) is 4.61. The third-order valence-electron chi connectivity index (χ3n) is 2.18. The van der Waals surface area contributed by atoms with Crippen LogP contribution in [0.5, 0.6) is 0 Å². The standard InChI is InChI=1S/C12H14O2/c1-9(2)10-3-5-11(6-4-10)12(7-13)8-14/h3-9,13H,1-2H3/b12-7+. The number of aliphatic hydroxyl groups is 1. The first-order valence-electron chi connectivity index (χ1n) is 4.59. The van der Waals surface area contributed by atoms with Gasteiger partial charge < -0.3 is 5.11 Å². The number of aldehydes is 1. The van der Waals surface area contributed by atoms with Gasteiger partial charge in [-0.05, 0) is 17.0 Å². The summed E-state index contributed by atoms with van der Waals surface area (Å²) in [7, 11) is 0. The van der Waals surface area contributed by atoms with Crippen molar-refractivity contribution in [2.75, 3.05) is 0 Å². The second-order valence-corrected chi connectivity index (χ2v) is 3.48. The van der Waals surface area contributed by atoms with Crippen LogP contribution in [-0.2, 0) is 4.79 Å². The van der Waals surface area contributed by atoms with Crippen molar-refractivity contribution in [2.24, 2.45) is 0 Å². The van der Waals surface area contributed by atoms with Gasteiger partial charge in [0.15, 0.2) is 6.29 Å². The van der Waals surface area contributed by atoms with Crippen LogP contribution in [0.4, 0.5) is 0 Å². The van der Waals surface area contributed by atoms with Crippen molar-refractivity contribution in [3.8, 4) is 0 Å². The monoisotopic (exact) mass is 190 g/mol. The summed E-state index contributed by atoms with van der Waals surface area (Å²) in [5.41, 5.74) is 2.27. The molecule has 0 unspecified atom stereocenters. The normalized spacial score (nSPS) is 11.8. The van der Waals surface area contributed by atoms with Crippen LogP contribution in [-0.4, -0.2) is 11.4 Å². The maximum atomic E-state index is 10.5. The smallest absolute Gasteiger partial charge is 0.153 e. The zero-order chi connectivity index (χ0) is 10.6. The number of benzene rings is 1. The van der Waals surface area contributed by atoms with Crippen molar-refractivity contribution in [1.29, 1.82) is 0 Å². The Morgan fingerprint density at radius 1 is 1.29 bits per heavy atom. The second-order valence-electron chi connectivity index (χ2n) is 3.48. The lowest BCUT2D eigenvalue weighted by Gasteiger charge is -2.05. The molecule has 2 nitrogen and oxygen atoms in total. The van der Waals surface area contributed by atoms with Crippen LogP contribution in [0.2, 0.25) is 0 Å². The van der Waals surface area contributed by atoms with Gasteiger partial charge in [0.2, 0.25) is 0 Å². The Labute approximate surface area is 83.9 Å². The molecule has 0 aliphatic carbocycles. The molecule has 0 aliphatic rings. The van der Waals surface area contributed by atoms with Crippen molar-refractivity contribution >= 4 is 11.9 Å². The largest absolute Gasteiger partial charge is 0.515 e. The Hall–Kier alpha value is -1.57. The Kier molecular flexibility index (Phi) is 3.46. The van der Waals surface area contributed by atoms with E-state index in [4.69, 9.17) is 5.11 Å². The highest BCUT2D eigenvalue weighted by Gasteiger charge is 2.02. The van der Waals surface area contributed by atoms with Crippen LogP contribution in [0.3, 0.4) is 0 Å². The van der Waals surface area contributed by atoms with Gasteiger partial charge in [0.25, 0.3) is 0 Å². The maximum Gasteiger partial charge on any atom is 0.153 e. The molecule has 0 radical (unpaired) electrons. The van der Waals surface area contributed by atoms with E-state index in [9.17, 15) is 4.79 Å². The van der Waals surface area contributed by atoms with E-state index >= 15 is 0 Å². The maximum absolute atomic E-state index is 10.5. The predicted molar refractivity (Wildman–Crippen MR) is 57.2 cm³/mol. The molecule has 1 N–H and O–H groups in total. The number of hydrogen-bond acceptors (Lipinski definition) is 2. The summed E-state index contributed by atoms with van der Waals surface area (Å²) in [5, 5.41) is 8.76. The van der Waals surface area contributed by atoms with Gasteiger partial charge in [-0.1, -0.05) is 38.1 Å². The Morgan fingerprint density at radius 3 is 2.21 bits per heavy atom. The molecule has 0 aromatic heterocycles. The lowest BCUT2D eigenvalue weighted by atomic mass is 10.00. The van der Waals surface area contributed by atoms with E-state index in [1.807, 2.05) is 24.3 Å². The highest BCUT2D eigenvalue weighted by atomic mass is 16.2. The molecule has 14 heavy (non-hydrogen) atoms. The van der Waals surface area contributed by atoms with E-state index in [0.717, 1.165) is 11.8 Å². The minimum absolute atomic E-state index is 0.306. The predicted octanol–water partition coefficient (Wildman–Crippen LogP) is 2.91. The van der Waals surface area contributed by atoms with Gasteiger partial charge in [0.1, 0.15) is 0 Å². The lowest BCUT2D eigenvalue weighted by molar-refractivity contribution is -0.103. The molecule has 1 aromatic rings. The van der Waals surface area contributed by atoms with Crippen LogP contribution in [0, 0.1) is 0 Å². The number of hydrogen-bond donors (Lipinski definition) is 1. The van der Waals surface area contributed by atoms with Gasteiger partial charge in [0.05, 0.1) is 11.8 Å². The van der Waals surface area contributed by atoms with E-state index < -0.39 is 0 Å². The van der Waals surface area contributed by atoms with Gasteiger partial charge in [-0.3, -0.25) is 4.79 Å². The van der Waals surface area contributed by atoms with Crippen LogP contribution in [0.25, 0.3) is 5.57 Å². The molecule has 1 rings (SSSR count). The fourth-order valence-electron chi connectivity index (χ4n) is 1.23. The van der Waals surface area contributed by atoms with Gasteiger partial charge >= 0.3 is 0 Å². The molecular weight excluding hydrogens is 176 g/mol. The molecule has 0 aliphatic heterocycles. The number of rotatable bonds is 3. The molecule has 0 saturated heterocycles. The molecule has 0 amide bonds. The third kappa shape index (κ3) is 2.22. The average Bonchev–Trinajstić information content (AvgIpc) is 2.20. The summed E-state index contributed by atoms with van der Waals surface area (Å²) in [6.07, 6.45) is 1.47. The third-order valence-corrected chi connectivity index (χ3v) is 2.18. The minimum Gasteiger partial charge on any atom is -0.515 e. The number of aliphatic hydroxyl groups excluding tert-OH is 1. The highest BCUT2D eigenvalue weighted by molar-refractivity contribution is 6.06.